The lowest BCUT2D eigenvalue weighted by molar-refractivity contribution is 0.508. The van der Waals surface area contributed by atoms with E-state index >= 15 is 0 Å². The number of aromatic nitrogens is 2. The first-order valence-corrected chi connectivity index (χ1v) is 5.45. The van der Waals surface area contributed by atoms with E-state index in [0.29, 0.717) is 12.1 Å². The number of hydrogen-bond acceptors (Lipinski definition) is 2. The number of fused-ring (bicyclic) bond motifs is 1. The minimum absolute atomic E-state index is 0.531. The highest BCUT2D eigenvalue weighted by Gasteiger charge is 2.15. The molecule has 17 heavy (non-hydrogen) atoms. The van der Waals surface area contributed by atoms with Crippen LogP contribution in [-0.2, 0) is 13.1 Å². The summed E-state index contributed by atoms with van der Waals surface area (Å²) in [5, 5.41) is 3.20. The molecule has 0 fully saturated rings. The molecule has 0 radical (unpaired) electrons. The van der Waals surface area contributed by atoms with Gasteiger partial charge in [0.1, 0.15) is 17.5 Å². The summed E-state index contributed by atoms with van der Waals surface area (Å²) in [4.78, 5) is 4.25. The van der Waals surface area contributed by atoms with Gasteiger partial charge in [-0.25, -0.2) is 13.8 Å². The highest BCUT2D eigenvalue weighted by Crippen LogP contribution is 2.23. The van der Waals surface area contributed by atoms with Gasteiger partial charge in [-0.15, -0.1) is 0 Å². The third-order valence-electron chi connectivity index (χ3n) is 2.89. The molecular formula is C12H11F2N3. The molecule has 2 aromatic rings. The van der Waals surface area contributed by atoms with Crippen LogP contribution in [0.2, 0.25) is 0 Å². The van der Waals surface area contributed by atoms with Crippen molar-refractivity contribution in [3.63, 3.8) is 0 Å². The Hall–Kier alpha value is -1.75. The van der Waals surface area contributed by atoms with Crippen molar-refractivity contribution in [2.24, 2.45) is 0 Å². The zero-order chi connectivity index (χ0) is 11.8. The predicted molar refractivity (Wildman–Crippen MR) is 59.3 cm³/mol. The fourth-order valence-electron chi connectivity index (χ4n) is 2.13. The smallest absolute Gasteiger partial charge is 0.126 e. The topological polar surface area (TPSA) is 29.9 Å². The van der Waals surface area contributed by atoms with Gasteiger partial charge in [0.15, 0.2) is 0 Å². The minimum atomic E-state index is -0.565. The monoisotopic (exact) mass is 235 g/mol. The molecule has 0 spiro atoms. The Kier molecular flexibility index (Phi) is 2.40. The van der Waals surface area contributed by atoms with E-state index in [-0.39, 0.29) is 0 Å². The van der Waals surface area contributed by atoms with Crippen LogP contribution in [0.25, 0.3) is 11.3 Å². The third-order valence-corrected chi connectivity index (χ3v) is 2.89. The number of hydrogen-bond donors (Lipinski definition) is 1. The lowest BCUT2D eigenvalue weighted by atomic mass is 10.1. The molecule has 0 unspecified atom stereocenters. The Morgan fingerprint density at radius 1 is 1.18 bits per heavy atom. The van der Waals surface area contributed by atoms with Gasteiger partial charge in [0, 0.05) is 24.7 Å². The van der Waals surface area contributed by atoms with Crippen molar-refractivity contribution in [3.05, 3.63) is 41.9 Å². The van der Waals surface area contributed by atoms with E-state index in [1.807, 2.05) is 4.57 Å². The van der Waals surface area contributed by atoms with E-state index < -0.39 is 11.6 Å². The number of nitrogens with zero attached hydrogens (tertiary/aromatic N) is 2. The molecule has 5 heteroatoms. The fourth-order valence-corrected chi connectivity index (χ4v) is 2.13. The summed E-state index contributed by atoms with van der Waals surface area (Å²) in [7, 11) is 0. The van der Waals surface area contributed by atoms with Crippen molar-refractivity contribution in [2.75, 3.05) is 6.54 Å². The van der Waals surface area contributed by atoms with Crippen LogP contribution in [0.15, 0.2) is 24.4 Å². The molecule has 3 rings (SSSR count). The normalized spacial score (nSPS) is 14.7. The molecule has 1 aliphatic heterocycles. The largest absolute Gasteiger partial charge is 0.326 e. The van der Waals surface area contributed by atoms with Crippen molar-refractivity contribution < 1.29 is 8.78 Å². The Morgan fingerprint density at radius 3 is 2.71 bits per heavy atom. The second-order valence-corrected chi connectivity index (χ2v) is 4.05. The molecule has 0 saturated heterocycles. The van der Waals surface area contributed by atoms with E-state index in [4.69, 9.17) is 0 Å². The lowest BCUT2D eigenvalue weighted by Gasteiger charge is -2.17. The Labute approximate surface area is 97.1 Å². The highest BCUT2D eigenvalue weighted by molar-refractivity contribution is 5.59. The lowest BCUT2D eigenvalue weighted by Crippen LogP contribution is -2.28. The summed E-state index contributed by atoms with van der Waals surface area (Å²) in [5.41, 5.74) is 1.29. The van der Waals surface area contributed by atoms with Crippen molar-refractivity contribution in [3.8, 4) is 11.3 Å². The van der Waals surface area contributed by atoms with Gasteiger partial charge in [0.05, 0.1) is 18.4 Å². The van der Waals surface area contributed by atoms with Crippen LogP contribution in [0.4, 0.5) is 8.78 Å². The number of halogens is 2. The molecule has 1 aliphatic rings. The summed E-state index contributed by atoms with van der Waals surface area (Å²) in [6.45, 7) is 2.30. The second kappa shape index (κ2) is 3.92. The van der Waals surface area contributed by atoms with Crippen LogP contribution in [0.5, 0.6) is 0 Å². The molecule has 88 valence electrons. The van der Waals surface area contributed by atoms with Crippen LogP contribution in [0.3, 0.4) is 0 Å². The minimum Gasteiger partial charge on any atom is -0.326 e. The van der Waals surface area contributed by atoms with Gasteiger partial charge in [-0.2, -0.15) is 0 Å². The molecule has 0 saturated carbocycles. The zero-order valence-electron chi connectivity index (χ0n) is 9.08. The van der Waals surface area contributed by atoms with Crippen molar-refractivity contribution >= 4 is 0 Å². The highest BCUT2D eigenvalue weighted by atomic mass is 19.1. The van der Waals surface area contributed by atoms with E-state index in [9.17, 15) is 8.78 Å². The molecular weight excluding hydrogens is 224 g/mol. The summed E-state index contributed by atoms with van der Waals surface area (Å²) in [6, 6.07) is 3.53. The molecule has 0 bridgehead atoms. The third kappa shape index (κ3) is 1.82. The zero-order valence-corrected chi connectivity index (χ0v) is 9.08. The first-order chi connectivity index (χ1) is 8.24. The van der Waals surface area contributed by atoms with Crippen LogP contribution in [-0.4, -0.2) is 16.1 Å². The van der Waals surface area contributed by atoms with Crippen molar-refractivity contribution in [1.82, 2.24) is 14.9 Å². The maximum atomic E-state index is 13.2. The second-order valence-electron chi connectivity index (χ2n) is 4.05. The Bertz CT molecular complexity index is 543. The van der Waals surface area contributed by atoms with Gasteiger partial charge in [-0.05, 0) is 12.1 Å². The number of benzene rings is 1. The van der Waals surface area contributed by atoms with E-state index in [0.717, 1.165) is 30.7 Å². The first kappa shape index (κ1) is 10.4. The average Bonchev–Trinajstić information content (AvgIpc) is 2.71. The van der Waals surface area contributed by atoms with Gasteiger partial charge >= 0.3 is 0 Å². The first-order valence-electron chi connectivity index (χ1n) is 5.45. The molecule has 3 nitrogen and oxygen atoms in total. The van der Waals surface area contributed by atoms with Gasteiger partial charge in [-0.3, -0.25) is 0 Å². The van der Waals surface area contributed by atoms with Gasteiger partial charge in [-0.1, -0.05) is 0 Å². The van der Waals surface area contributed by atoms with Crippen LogP contribution >= 0.6 is 0 Å². The number of nitrogens with one attached hydrogen (secondary N) is 1. The molecule has 0 amide bonds. The summed E-state index contributed by atoms with van der Waals surface area (Å²) < 4.78 is 28.3. The molecule has 1 aromatic carbocycles. The number of rotatable bonds is 1. The van der Waals surface area contributed by atoms with Crippen LogP contribution in [0, 0.1) is 11.6 Å². The van der Waals surface area contributed by atoms with Crippen LogP contribution in [0.1, 0.15) is 5.82 Å². The summed E-state index contributed by atoms with van der Waals surface area (Å²) in [6.07, 6.45) is 1.66. The van der Waals surface area contributed by atoms with E-state index in [2.05, 4.69) is 10.3 Å². The predicted octanol–water partition coefficient (Wildman–Crippen LogP) is 1.93. The summed E-state index contributed by atoms with van der Waals surface area (Å²) >= 11 is 0. The van der Waals surface area contributed by atoms with Crippen LogP contribution < -0.4 is 5.32 Å². The molecule has 1 aromatic heterocycles. The standard InChI is InChI=1S/C12H11F2N3/c13-9-3-8(4-10(14)5-9)11-6-16-12-7-15-1-2-17(11)12/h3-6,15H,1-2,7H2. The maximum absolute atomic E-state index is 13.2. The quantitative estimate of drug-likeness (QED) is 0.818. The van der Waals surface area contributed by atoms with Crippen molar-refractivity contribution in [2.45, 2.75) is 13.1 Å². The number of imidazole rings is 1. The molecule has 0 atom stereocenters. The van der Waals surface area contributed by atoms with Gasteiger partial charge in [0.2, 0.25) is 0 Å². The maximum Gasteiger partial charge on any atom is 0.126 e. The fraction of sp³-hybridized carbons (Fsp3) is 0.250. The Morgan fingerprint density at radius 2 is 1.94 bits per heavy atom. The van der Waals surface area contributed by atoms with Gasteiger partial charge < -0.3 is 9.88 Å². The summed E-state index contributed by atoms with van der Waals surface area (Å²) in [5.74, 6) is -0.232. The van der Waals surface area contributed by atoms with Gasteiger partial charge in [0.25, 0.3) is 0 Å². The Balaban J connectivity index is 2.11. The molecule has 2 heterocycles. The van der Waals surface area contributed by atoms with Crippen molar-refractivity contribution in [1.29, 1.82) is 0 Å². The van der Waals surface area contributed by atoms with E-state index in [1.54, 1.807) is 6.20 Å². The average molecular weight is 235 g/mol. The van der Waals surface area contributed by atoms with E-state index in [1.165, 1.54) is 12.1 Å². The molecule has 0 aliphatic carbocycles. The SMILES string of the molecule is Fc1cc(F)cc(-c2cnc3n2CCNC3)c1. The molecule has 1 N–H and O–H groups in total.